The van der Waals surface area contributed by atoms with Gasteiger partial charge in [-0.3, -0.25) is 9.69 Å². The van der Waals surface area contributed by atoms with E-state index >= 15 is 0 Å². The Hall–Kier alpha value is -2.90. The summed E-state index contributed by atoms with van der Waals surface area (Å²) in [5.74, 6) is -0.207. The topological polar surface area (TPSA) is 78.5 Å². The first-order chi connectivity index (χ1) is 14.2. The molecule has 0 amide bonds. The molecule has 6 nitrogen and oxygen atoms in total. The van der Waals surface area contributed by atoms with E-state index in [1.807, 2.05) is 42.6 Å². The lowest BCUT2D eigenvalue weighted by Crippen LogP contribution is -2.38. The predicted molar refractivity (Wildman–Crippen MR) is 114 cm³/mol. The van der Waals surface area contributed by atoms with Crippen LogP contribution in [0.5, 0.6) is 10.9 Å². The van der Waals surface area contributed by atoms with Crippen molar-refractivity contribution < 1.29 is 14.6 Å². The number of H-pyrrole nitrogens is 1. The second-order valence-corrected chi connectivity index (χ2v) is 8.48. The molecule has 1 saturated heterocycles. The lowest BCUT2D eigenvalue weighted by atomic mass is 9.98. The number of thiazole rings is 1. The fourth-order valence-electron chi connectivity index (χ4n) is 4.00. The lowest BCUT2D eigenvalue weighted by Gasteiger charge is -2.30. The summed E-state index contributed by atoms with van der Waals surface area (Å²) in [7, 11) is 0. The summed E-state index contributed by atoms with van der Waals surface area (Å²) >= 11 is 1.53. The van der Waals surface area contributed by atoms with E-state index in [0.29, 0.717) is 11.7 Å². The molecule has 0 unspecified atom stereocenters. The van der Waals surface area contributed by atoms with Crippen LogP contribution in [0.15, 0.2) is 48.7 Å². The van der Waals surface area contributed by atoms with Gasteiger partial charge in [-0.2, -0.15) is 0 Å². The molecule has 0 saturated carbocycles. The van der Waals surface area contributed by atoms with Crippen LogP contribution < -0.4 is 4.74 Å². The van der Waals surface area contributed by atoms with E-state index in [0.717, 1.165) is 52.8 Å². The van der Waals surface area contributed by atoms with Crippen LogP contribution in [0.1, 0.15) is 18.4 Å². The van der Waals surface area contributed by atoms with Crippen molar-refractivity contribution in [3.63, 3.8) is 0 Å². The average molecular weight is 407 g/mol. The van der Waals surface area contributed by atoms with Crippen molar-refractivity contribution in [2.45, 2.75) is 19.4 Å². The van der Waals surface area contributed by atoms with Crippen LogP contribution in [0, 0.1) is 5.92 Å². The second kappa shape index (κ2) is 7.50. The summed E-state index contributed by atoms with van der Waals surface area (Å²) in [6, 6.07) is 14.0. The number of ether oxygens (including phenoxy) is 1. The van der Waals surface area contributed by atoms with Gasteiger partial charge in [-0.05, 0) is 49.2 Å². The Balaban J connectivity index is 1.33. The Labute approximate surface area is 171 Å². The maximum atomic E-state index is 11.3. The average Bonchev–Trinajstić information content (AvgIpc) is 3.31. The maximum Gasteiger partial charge on any atom is 0.307 e. The standard InChI is InChI=1S/C22H21N3O3S/c26-21(27)14-4-3-9-25(12-14)13-15-11-23-19-10-16(7-8-17(15)19)28-22-24-18-5-1-2-6-20(18)29-22/h1-2,5-8,10-11,14,23H,3-4,9,12-13H2,(H,26,27)/t14-/m0/s1. The summed E-state index contributed by atoms with van der Waals surface area (Å²) in [5, 5.41) is 11.1. The molecular formula is C22H21N3O3S. The fourth-order valence-corrected chi connectivity index (χ4v) is 4.83. The molecule has 1 fully saturated rings. The molecule has 2 aromatic carbocycles. The van der Waals surface area contributed by atoms with Crippen LogP contribution in [-0.4, -0.2) is 39.0 Å². The number of aliphatic carboxylic acids is 1. The van der Waals surface area contributed by atoms with E-state index in [1.54, 1.807) is 0 Å². The largest absolute Gasteiger partial charge is 0.481 e. The van der Waals surface area contributed by atoms with Crippen LogP contribution in [0.4, 0.5) is 0 Å². The number of fused-ring (bicyclic) bond motifs is 2. The highest BCUT2D eigenvalue weighted by molar-refractivity contribution is 7.20. The first kappa shape index (κ1) is 18.1. The number of piperidine rings is 1. The van der Waals surface area contributed by atoms with Gasteiger partial charge in [0, 0.05) is 36.3 Å². The van der Waals surface area contributed by atoms with Gasteiger partial charge >= 0.3 is 5.97 Å². The number of aromatic nitrogens is 2. The normalized spacial score (nSPS) is 17.7. The Bertz CT molecular complexity index is 1150. The Morgan fingerprint density at radius 2 is 2.21 bits per heavy atom. The Morgan fingerprint density at radius 1 is 1.31 bits per heavy atom. The SMILES string of the molecule is O=C(O)[C@H]1CCCN(Cc2c[nH]c3cc(Oc4nc5ccccc5s4)ccc23)C1. The van der Waals surface area contributed by atoms with Crippen molar-refractivity contribution in [3.8, 4) is 10.9 Å². The van der Waals surface area contributed by atoms with Crippen LogP contribution >= 0.6 is 11.3 Å². The van der Waals surface area contributed by atoms with Gasteiger partial charge in [0.2, 0.25) is 0 Å². The molecule has 29 heavy (non-hydrogen) atoms. The molecule has 1 aliphatic rings. The zero-order valence-corrected chi connectivity index (χ0v) is 16.6. The minimum absolute atomic E-state index is 0.261. The molecule has 0 bridgehead atoms. The third-order valence-electron chi connectivity index (χ3n) is 5.47. The molecule has 4 aromatic rings. The second-order valence-electron chi connectivity index (χ2n) is 7.48. The third kappa shape index (κ3) is 3.71. The molecule has 3 heterocycles. The fraction of sp³-hybridized carbons (Fsp3) is 0.273. The molecule has 2 N–H and O–H groups in total. The van der Waals surface area contributed by atoms with Gasteiger partial charge in [0.25, 0.3) is 5.19 Å². The highest BCUT2D eigenvalue weighted by Crippen LogP contribution is 2.33. The van der Waals surface area contributed by atoms with Crippen molar-refractivity contribution in [3.05, 3.63) is 54.2 Å². The van der Waals surface area contributed by atoms with Gasteiger partial charge in [0.05, 0.1) is 16.1 Å². The minimum atomic E-state index is -0.690. The van der Waals surface area contributed by atoms with E-state index in [1.165, 1.54) is 16.9 Å². The van der Waals surface area contributed by atoms with Crippen molar-refractivity contribution in [1.82, 2.24) is 14.9 Å². The molecule has 2 aromatic heterocycles. The molecule has 0 aliphatic carbocycles. The number of hydrogen-bond donors (Lipinski definition) is 2. The van der Waals surface area contributed by atoms with E-state index in [9.17, 15) is 9.90 Å². The van der Waals surface area contributed by atoms with Crippen LogP contribution in [0.25, 0.3) is 21.1 Å². The van der Waals surface area contributed by atoms with Gasteiger partial charge in [-0.15, -0.1) is 0 Å². The number of nitrogens with one attached hydrogen (secondary N) is 1. The number of likely N-dealkylation sites (tertiary alicyclic amines) is 1. The molecule has 1 aliphatic heterocycles. The van der Waals surface area contributed by atoms with E-state index in [-0.39, 0.29) is 5.92 Å². The zero-order valence-electron chi connectivity index (χ0n) is 15.8. The summed E-state index contributed by atoms with van der Waals surface area (Å²) in [6.07, 6.45) is 3.71. The van der Waals surface area contributed by atoms with Crippen LogP contribution in [0.2, 0.25) is 0 Å². The van der Waals surface area contributed by atoms with Gasteiger partial charge in [-0.25, -0.2) is 4.98 Å². The van der Waals surface area contributed by atoms with Gasteiger partial charge in [0.15, 0.2) is 0 Å². The summed E-state index contributed by atoms with van der Waals surface area (Å²) < 4.78 is 7.09. The number of benzene rings is 2. The number of rotatable bonds is 5. The first-order valence-electron chi connectivity index (χ1n) is 9.74. The molecule has 0 radical (unpaired) electrons. The molecule has 7 heteroatoms. The van der Waals surface area contributed by atoms with Crippen molar-refractivity contribution >= 4 is 38.4 Å². The molecule has 0 spiro atoms. The number of aromatic amines is 1. The van der Waals surface area contributed by atoms with E-state index < -0.39 is 5.97 Å². The maximum absolute atomic E-state index is 11.3. The Kier molecular flexibility index (Phi) is 4.69. The predicted octanol–water partition coefficient (Wildman–Crippen LogP) is 4.87. The molecule has 5 rings (SSSR count). The van der Waals surface area contributed by atoms with E-state index in [2.05, 4.69) is 20.9 Å². The summed E-state index contributed by atoms with van der Waals surface area (Å²) in [4.78, 5) is 21.4. The van der Waals surface area contributed by atoms with Crippen molar-refractivity contribution in [2.24, 2.45) is 5.92 Å². The van der Waals surface area contributed by atoms with Crippen molar-refractivity contribution in [1.29, 1.82) is 0 Å². The third-order valence-corrected chi connectivity index (χ3v) is 6.38. The molecule has 148 valence electrons. The smallest absolute Gasteiger partial charge is 0.307 e. The van der Waals surface area contributed by atoms with Crippen LogP contribution in [-0.2, 0) is 11.3 Å². The Morgan fingerprint density at radius 3 is 3.07 bits per heavy atom. The lowest BCUT2D eigenvalue weighted by molar-refractivity contribution is -0.143. The quantitative estimate of drug-likeness (QED) is 0.494. The molecule has 1 atom stereocenters. The monoisotopic (exact) mass is 407 g/mol. The first-order valence-corrected chi connectivity index (χ1v) is 10.6. The number of nitrogens with zero attached hydrogens (tertiary/aromatic N) is 2. The highest BCUT2D eigenvalue weighted by Gasteiger charge is 2.25. The van der Waals surface area contributed by atoms with Gasteiger partial charge in [0.1, 0.15) is 5.75 Å². The number of carboxylic acid groups (broad SMARTS) is 1. The van der Waals surface area contributed by atoms with Crippen LogP contribution in [0.3, 0.4) is 0 Å². The number of carbonyl (C=O) groups is 1. The minimum Gasteiger partial charge on any atom is -0.481 e. The highest BCUT2D eigenvalue weighted by atomic mass is 32.1. The van der Waals surface area contributed by atoms with Crippen molar-refractivity contribution in [2.75, 3.05) is 13.1 Å². The molecular weight excluding hydrogens is 386 g/mol. The summed E-state index contributed by atoms with van der Waals surface area (Å²) in [6.45, 7) is 2.30. The number of hydrogen-bond acceptors (Lipinski definition) is 5. The van der Waals surface area contributed by atoms with E-state index in [4.69, 9.17) is 4.74 Å². The number of carboxylic acids is 1. The van der Waals surface area contributed by atoms with Gasteiger partial charge < -0.3 is 14.8 Å². The number of para-hydroxylation sites is 1. The van der Waals surface area contributed by atoms with Gasteiger partial charge in [-0.1, -0.05) is 23.5 Å². The zero-order chi connectivity index (χ0) is 19.8. The summed E-state index contributed by atoms with van der Waals surface area (Å²) in [5.41, 5.74) is 3.12.